The minimum absolute atomic E-state index is 0.212. The zero-order valence-electron chi connectivity index (χ0n) is 9.55. The highest BCUT2D eigenvalue weighted by Gasteiger charge is 2.12. The molecule has 1 unspecified atom stereocenters. The van der Waals surface area contributed by atoms with Crippen LogP contribution in [0.2, 0.25) is 0 Å². The van der Waals surface area contributed by atoms with Crippen molar-refractivity contribution in [3.8, 4) is 0 Å². The molecule has 1 atom stereocenters. The number of carbonyl (C=O) groups is 1. The number of fused-ring (bicyclic) bond motifs is 1. The number of rotatable bonds is 4. The van der Waals surface area contributed by atoms with Gasteiger partial charge in [0.25, 0.3) is 0 Å². The van der Waals surface area contributed by atoms with Gasteiger partial charge in [0, 0.05) is 30.7 Å². The van der Waals surface area contributed by atoms with E-state index in [4.69, 9.17) is 10.8 Å². The van der Waals surface area contributed by atoms with Crippen LogP contribution >= 0.6 is 0 Å². The first-order valence-electron chi connectivity index (χ1n) is 5.36. The molecule has 0 aliphatic heterocycles. The van der Waals surface area contributed by atoms with Crippen LogP contribution in [0.1, 0.15) is 0 Å². The summed E-state index contributed by atoms with van der Waals surface area (Å²) in [5, 5.41) is 12.8. The first-order valence-corrected chi connectivity index (χ1v) is 5.36. The molecule has 0 amide bonds. The van der Waals surface area contributed by atoms with E-state index in [-0.39, 0.29) is 6.54 Å². The average molecular weight is 233 g/mol. The summed E-state index contributed by atoms with van der Waals surface area (Å²) in [7, 11) is 1.95. The van der Waals surface area contributed by atoms with Crippen molar-refractivity contribution in [2.75, 3.05) is 11.9 Å². The molecule has 0 spiro atoms. The molecule has 1 aromatic carbocycles. The summed E-state index contributed by atoms with van der Waals surface area (Å²) in [5.41, 5.74) is 7.45. The maximum atomic E-state index is 10.6. The quantitative estimate of drug-likeness (QED) is 0.736. The van der Waals surface area contributed by atoms with Gasteiger partial charge in [-0.15, -0.1) is 0 Å². The number of benzene rings is 1. The van der Waals surface area contributed by atoms with E-state index in [1.54, 1.807) is 0 Å². The SMILES string of the molecule is Cn1cc(NCC(N)C(=O)O)c2ccccc21. The second-order valence-electron chi connectivity index (χ2n) is 4.00. The first-order chi connectivity index (χ1) is 8.09. The van der Waals surface area contributed by atoms with Gasteiger partial charge >= 0.3 is 5.97 Å². The summed E-state index contributed by atoms with van der Waals surface area (Å²) in [6.45, 7) is 0.212. The Morgan fingerprint density at radius 1 is 1.53 bits per heavy atom. The molecule has 0 radical (unpaired) electrons. The van der Waals surface area contributed by atoms with Crippen LogP contribution in [-0.4, -0.2) is 28.2 Å². The third kappa shape index (κ3) is 2.24. The lowest BCUT2D eigenvalue weighted by Gasteiger charge is -2.08. The minimum Gasteiger partial charge on any atom is -0.480 e. The summed E-state index contributed by atoms with van der Waals surface area (Å²) in [6, 6.07) is 7.02. The van der Waals surface area contributed by atoms with E-state index < -0.39 is 12.0 Å². The molecule has 5 heteroatoms. The van der Waals surface area contributed by atoms with Crippen molar-refractivity contribution in [1.29, 1.82) is 0 Å². The highest BCUT2D eigenvalue weighted by Crippen LogP contribution is 2.24. The lowest BCUT2D eigenvalue weighted by molar-refractivity contribution is -0.138. The third-order valence-corrected chi connectivity index (χ3v) is 2.73. The summed E-state index contributed by atoms with van der Waals surface area (Å²) < 4.78 is 1.99. The van der Waals surface area contributed by atoms with Crippen LogP contribution in [0.25, 0.3) is 10.9 Å². The molecule has 0 saturated carbocycles. The Balaban J connectivity index is 2.22. The van der Waals surface area contributed by atoms with Crippen LogP contribution in [0.3, 0.4) is 0 Å². The molecule has 17 heavy (non-hydrogen) atoms. The number of aryl methyl sites for hydroxylation is 1. The van der Waals surface area contributed by atoms with E-state index in [0.717, 1.165) is 16.6 Å². The fraction of sp³-hybridized carbons (Fsp3) is 0.250. The number of nitrogens with two attached hydrogens (primary N) is 1. The number of nitrogens with one attached hydrogen (secondary N) is 1. The summed E-state index contributed by atoms with van der Waals surface area (Å²) in [6.07, 6.45) is 1.93. The molecule has 1 heterocycles. The van der Waals surface area contributed by atoms with Crippen LogP contribution < -0.4 is 11.1 Å². The summed E-state index contributed by atoms with van der Waals surface area (Å²) in [4.78, 5) is 10.6. The zero-order valence-corrected chi connectivity index (χ0v) is 9.55. The van der Waals surface area contributed by atoms with E-state index in [9.17, 15) is 4.79 Å². The Morgan fingerprint density at radius 2 is 2.24 bits per heavy atom. The number of nitrogens with zero attached hydrogens (tertiary/aromatic N) is 1. The van der Waals surface area contributed by atoms with Crippen molar-refractivity contribution >= 4 is 22.6 Å². The van der Waals surface area contributed by atoms with Crippen molar-refractivity contribution in [3.05, 3.63) is 30.5 Å². The van der Waals surface area contributed by atoms with E-state index >= 15 is 0 Å². The zero-order chi connectivity index (χ0) is 12.4. The molecule has 90 valence electrons. The van der Waals surface area contributed by atoms with Crippen LogP contribution in [0.5, 0.6) is 0 Å². The van der Waals surface area contributed by atoms with Gasteiger partial charge in [0.15, 0.2) is 0 Å². The molecular formula is C12H15N3O2. The van der Waals surface area contributed by atoms with E-state index in [0.29, 0.717) is 0 Å². The van der Waals surface area contributed by atoms with Gasteiger partial charge < -0.3 is 20.7 Å². The lowest BCUT2D eigenvalue weighted by Crippen LogP contribution is -2.36. The molecule has 0 aliphatic carbocycles. The number of hydrogen-bond acceptors (Lipinski definition) is 3. The molecule has 5 nitrogen and oxygen atoms in total. The highest BCUT2D eigenvalue weighted by molar-refractivity contribution is 5.93. The Labute approximate surface area is 98.8 Å². The molecule has 0 bridgehead atoms. The molecular weight excluding hydrogens is 218 g/mol. The Morgan fingerprint density at radius 3 is 2.94 bits per heavy atom. The number of aromatic nitrogens is 1. The molecule has 0 saturated heterocycles. The number of hydrogen-bond donors (Lipinski definition) is 3. The Kier molecular flexibility index (Phi) is 3.01. The highest BCUT2D eigenvalue weighted by atomic mass is 16.4. The Hall–Kier alpha value is -2.01. The fourth-order valence-electron chi connectivity index (χ4n) is 1.79. The topological polar surface area (TPSA) is 80.3 Å². The second kappa shape index (κ2) is 4.47. The number of para-hydroxylation sites is 1. The van der Waals surface area contributed by atoms with E-state index in [2.05, 4.69) is 5.32 Å². The predicted octanol–water partition coefficient (Wildman–Crippen LogP) is 1.00. The maximum Gasteiger partial charge on any atom is 0.322 e. The average Bonchev–Trinajstić information content (AvgIpc) is 2.64. The summed E-state index contributed by atoms with van der Waals surface area (Å²) in [5.74, 6) is -1.00. The first kappa shape index (κ1) is 11.5. The van der Waals surface area contributed by atoms with Gasteiger partial charge in [-0.05, 0) is 6.07 Å². The Bertz CT molecular complexity index is 548. The van der Waals surface area contributed by atoms with Gasteiger partial charge in [-0.1, -0.05) is 18.2 Å². The van der Waals surface area contributed by atoms with Crippen LogP contribution in [0.4, 0.5) is 5.69 Å². The van der Waals surface area contributed by atoms with Crippen molar-refractivity contribution in [3.63, 3.8) is 0 Å². The largest absolute Gasteiger partial charge is 0.480 e. The van der Waals surface area contributed by atoms with Crippen molar-refractivity contribution in [1.82, 2.24) is 4.57 Å². The summed E-state index contributed by atoms with van der Waals surface area (Å²) >= 11 is 0. The fourth-order valence-corrected chi connectivity index (χ4v) is 1.79. The normalized spacial score (nSPS) is 12.6. The van der Waals surface area contributed by atoms with E-state index in [1.165, 1.54) is 0 Å². The van der Waals surface area contributed by atoms with Gasteiger partial charge in [0.05, 0.1) is 5.69 Å². The smallest absolute Gasteiger partial charge is 0.322 e. The van der Waals surface area contributed by atoms with Crippen LogP contribution in [0, 0.1) is 0 Å². The maximum absolute atomic E-state index is 10.6. The van der Waals surface area contributed by atoms with Gasteiger partial charge in [-0.25, -0.2) is 0 Å². The van der Waals surface area contributed by atoms with Crippen LogP contribution in [0.15, 0.2) is 30.5 Å². The number of carboxylic acid groups (broad SMARTS) is 1. The number of anilines is 1. The molecule has 2 rings (SSSR count). The van der Waals surface area contributed by atoms with Gasteiger partial charge in [0.1, 0.15) is 6.04 Å². The monoisotopic (exact) mass is 233 g/mol. The standard InChI is InChI=1S/C12H15N3O2/c1-15-7-10(14-6-9(13)12(16)17)8-4-2-3-5-11(8)15/h2-5,7,9,14H,6,13H2,1H3,(H,16,17). The van der Waals surface area contributed by atoms with Gasteiger partial charge in [0.2, 0.25) is 0 Å². The predicted molar refractivity (Wildman–Crippen MR) is 67.0 cm³/mol. The minimum atomic E-state index is -1.00. The van der Waals surface area contributed by atoms with Crippen molar-refractivity contribution in [2.45, 2.75) is 6.04 Å². The molecule has 2 aromatic rings. The molecule has 1 aromatic heterocycles. The van der Waals surface area contributed by atoms with Crippen LogP contribution in [-0.2, 0) is 11.8 Å². The van der Waals surface area contributed by atoms with Gasteiger partial charge in [-0.2, -0.15) is 0 Å². The van der Waals surface area contributed by atoms with Crippen molar-refractivity contribution in [2.24, 2.45) is 12.8 Å². The van der Waals surface area contributed by atoms with Crippen molar-refractivity contribution < 1.29 is 9.90 Å². The molecule has 0 fully saturated rings. The molecule has 0 aliphatic rings. The number of carboxylic acids is 1. The third-order valence-electron chi connectivity index (χ3n) is 2.73. The van der Waals surface area contributed by atoms with E-state index in [1.807, 2.05) is 42.1 Å². The second-order valence-corrected chi connectivity index (χ2v) is 4.00. The van der Waals surface area contributed by atoms with Gasteiger partial charge in [-0.3, -0.25) is 4.79 Å². The molecule has 4 N–H and O–H groups in total. The number of aliphatic carboxylic acids is 1. The lowest BCUT2D eigenvalue weighted by atomic mass is 10.2.